The number of unbranched alkanes of at least 4 members (excludes halogenated alkanes) is 1. The molecule has 0 aliphatic rings. The fourth-order valence-electron chi connectivity index (χ4n) is 5.99. The molecule has 0 unspecified atom stereocenters. The van der Waals surface area contributed by atoms with E-state index in [1.54, 1.807) is 55.8 Å². The van der Waals surface area contributed by atoms with Crippen molar-refractivity contribution in [1.82, 2.24) is 38.1 Å². The lowest BCUT2D eigenvalue weighted by Gasteiger charge is -2.13. The lowest BCUT2D eigenvalue weighted by atomic mass is 10.0. The number of likely N-dealkylation sites (N-methyl/N-ethyl adjacent to an activating group) is 4. The summed E-state index contributed by atoms with van der Waals surface area (Å²) in [7, 11) is 9.06. The molecule has 0 amide bonds. The van der Waals surface area contributed by atoms with E-state index in [-0.39, 0.29) is 60.9 Å². The van der Waals surface area contributed by atoms with Crippen LogP contribution in [0.4, 0.5) is 24.0 Å². The van der Waals surface area contributed by atoms with Crippen LogP contribution in [0.1, 0.15) is 118 Å². The van der Waals surface area contributed by atoms with Crippen molar-refractivity contribution < 1.29 is 37.5 Å². The predicted molar refractivity (Wildman–Crippen MR) is 270 cm³/mol. The number of carbonyl (C=O) groups is 4. The van der Waals surface area contributed by atoms with Gasteiger partial charge >= 0.3 is 0 Å². The number of ketones is 4. The maximum absolute atomic E-state index is 11.3. The minimum Gasteiger partial charge on any atom is -0.399 e. The zero-order valence-electron chi connectivity index (χ0n) is 41.7. The van der Waals surface area contributed by atoms with Crippen LogP contribution in [-0.2, 0) is 38.4 Å². The van der Waals surface area contributed by atoms with Gasteiger partial charge in [0.25, 0.3) is 0 Å². The Morgan fingerprint density at radius 2 is 0.985 bits per heavy atom. The molecule has 0 spiro atoms. The van der Waals surface area contributed by atoms with Gasteiger partial charge in [0.05, 0.1) is 30.0 Å². The number of carbonyl (C=O) groups excluding carboxylic acids is 4. The molecule has 2 aromatic carbocycles. The van der Waals surface area contributed by atoms with Gasteiger partial charge in [0.2, 0.25) is 0 Å². The van der Waals surface area contributed by atoms with E-state index < -0.39 is 0 Å². The van der Waals surface area contributed by atoms with Crippen molar-refractivity contribution in [2.45, 2.75) is 151 Å². The summed E-state index contributed by atoms with van der Waals surface area (Å²) >= 11 is 0. The van der Waals surface area contributed by atoms with Crippen molar-refractivity contribution in [1.29, 1.82) is 5.41 Å². The zero-order valence-corrected chi connectivity index (χ0v) is 41.7. The number of nitrogen functional groups attached to an aromatic ring is 1. The van der Waals surface area contributed by atoms with Crippen LogP contribution in [0.15, 0.2) is 53.5 Å². The highest BCUT2D eigenvalue weighted by atomic mass is 20.0. The van der Waals surface area contributed by atoms with Crippen molar-refractivity contribution in [2.75, 3.05) is 54.1 Å². The van der Waals surface area contributed by atoms with Gasteiger partial charge in [0.15, 0.2) is 0 Å². The Morgan fingerprint density at radius 3 is 1.30 bits per heavy atom. The summed E-state index contributed by atoms with van der Waals surface area (Å²) in [5.74, 6) is 1.79. The van der Waals surface area contributed by atoms with Gasteiger partial charge in [-0.25, -0.2) is 0 Å². The summed E-state index contributed by atoms with van der Waals surface area (Å²) in [6.45, 7) is 16.6. The SMILES string of the molecule is C.CCC(=NC)NCCC[C@H](NC)C(C)=O.CN[C@@H](CCCCNC(C)C)C(C)=O.CN[C@@H](Cc1ccc(CC(C)=N)cc1)C(C)=O.CN[C@@H](Cc1ccc(N)cc1)C(C)=O.FF.FF.N. The Kier molecular flexibility index (Phi) is 53.7. The van der Waals surface area contributed by atoms with E-state index in [9.17, 15) is 19.2 Å². The molecule has 2 aromatic rings. The normalized spacial score (nSPS) is 11.9. The van der Waals surface area contributed by atoms with Crippen LogP contribution in [0.3, 0.4) is 0 Å². The third-order valence-electron chi connectivity index (χ3n) is 9.78. The van der Waals surface area contributed by atoms with Crippen LogP contribution in [0.5, 0.6) is 0 Å². The summed E-state index contributed by atoms with van der Waals surface area (Å²) in [6.07, 6.45) is 8.10. The first-order chi connectivity index (χ1) is 30.4. The Balaban J connectivity index is -0.000000176. The summed E-state index contributed by atoms with van der Waals surface area (Å²) in [5, 5.41) is 26.1. The number of hydrogen-bond acceptors (Lipinski definition) is 13. The number of nitrogens with zero attached hydrogens (tertiary/aromatic N) is 1. The Bertz CT molecular complexity index is 1540. The van der Waals surface area contributed by atoms with E-state index >= 15 is 0 Å². The van der Waals surface area contributed by atoms with E-state index in [2.05, 4.69) is 57.7 Å². The van der Waals surface area contributed by atoms with Gasteiger partial charge in [0.1, 0.15) is 23.1 Å². The van der Waals surface area contributed by atoms with E-state index in [1.165, 1.54) is 0 Å². The van der Waals surface area contributed by atoms with Crippen molar-refractivity contribution in [2.24, 2.45) is 4.99 Å². The Morgan fingerprint density at radius 1 is 0.621 bits per heavy atom. The summed E-state index contributed by atoms with van der Waals surface area (Å²) < 4.78 is 32.0. The van der Waals surface area contributed by atoms with E-state index in [0.717, 1.165) is 86.2 Å². The second-order valence-corrected chi connectivity index (χ2v) is 15.4. The largest absolute Gasteiger partial charge is 0.399 e. The molecule has 0 fully saturated rings. The lowest BCUT2D eigenvalue weighted by molar-refractivity contribution is -0.119. The first-order valence-corrected chi connectivity index (χ1v) is 21.8. The molecule has 0 heterocycles. The van der Waals surface area contributed by atoms with Gasteiger partial charge in [-0.15, -0.1) is 0 Å². The van der Waals surface area contributed by atoms with Crippen molar-refractivity contribution in [3.05, 3.63) is 65.2 Å². The first kappa shape index (κ1) is 73.1. The zero-order chi connectivity index (χ0) is 50.0. The van der Waals surface area contributed by atoms with Gasteiger partial charge in [-0.1, -0.05) is 71.0 Å². The van der Waals surface area contributed by atoms with Gasteiger partial charge in [0, 0.05) is 62.2 Å². The molecular formula is C48H90F4N10O4. The highest BCUT2D eigenvalue weighted by molar-refractivity contribution is 5.83. The minimum atomic E-state index is -0.106. The number of nitrogens with two attached hydrogens (primary N) is 1. The summed E-state index contributed by atoms with van der Waals surface area (Å²) in [4.78, 5) is 48.7. The highest BCUT2D eigenvalue weighted by Crippen LogP contribution is 2.10. The molecule has 0 aromatic heterocycles. The Hall–Kier alpha value is -4.46. The van der Waals surface area contributed by atoms with Crippen LogP contribution < -0.4 is 43.8 Å². The van der Waals surface area contributed by atoms with Crippen LogP contribution in [0, 0.1) is 5.41 Å². The topological polar surface area (TPSA) is 238 Å². The minimum absolute atomic E-state index is 0. The number of aliphatic imine (C=N–C) groups is 1. The molecule has 0 saturated carbocycles. The number of benzene rings is 2. The fraction of sp³-hybridized carbons (Fsp3) is 0.625. The van der Waals surface area contributed by atoms with Crippen LogP contribution >= 0.6 is 0 Å². The third-order valence-corrected chi connectivity index (χ3v) is 9.78. The molecule has 0 bridgehead atoms. The second-order valence-electron chi connectivity index (χ2n) is 15.4. The fourth-order valence-corrected chi connectivity index (χ4v) is 5.99. The van der Waals surface area contributed by atoms with Crippen LogP contribution in [0.25, 0.3) is 0 Å². The summed E-state index contributed by atoms with van der Waals surface area (Å²) in [6, 6.07) is 16.1. The maximum atomic E-state index is 11.3. The van der Waals surface area contributed by atoms with Crippen LogP contribution in [0.2, 0.25) is 0 Å². The van der Waals surface area contributed by atoms with E-state index in [1.807, 2.05) is 62.6 Å². The molecule has 66 heavy (non-hydrogen) atoms. The molecule has 18 heteroatoms. The predicted octanol–water partition coefficient (Wildman–Crippen LogP) is 7.76. The molecule has 14 nitrogen and oxygen atoms in total. The number of Topliss-reactive ketones (excluding diaryl/α,β-unsaturated/α-hetero) is 4. The maximum Gasteiger partial charge on any atom is 0.147 e. The second kappa shape index (κ2) is 48.5. The molecule has 384 valence electrons. The molecule has 0 saturated heterocycles. The summed E-state index contributed by atoms with van der Waals surface area (Å²) in [5.41, 5.74) is 10.4. The molecular weight excluding hydrogens is 857 g/mol. The van der Waals surface area contributed by atoms with Gasteiger partial charge in [-0.05, 0) is 137 Å². The van der Waals surface area contributed by atoms with Crippen molar-refractivity contribution >= 4 is 40.4 Å². The third kappa shape index (κ3) is 41.0. The number of halogens is 4. The number of hydrogen-bond donors (Lipinski definition) is 9. The average molecular weight is 947 g/mol. The lowest BCUT2D eigenvalue weighted by Crippen LogP contribution is -2.34. The number of rotatable bonds is 25. The quantitative estimate of drug-likeness (QED) is 0.0153. The van der Waals surface area contributed by atoms with Crippen molar-refractivity contribution in [3.8, 4) is 0 Å². The molecule has 0 aliphatic heterocycles. The van der Waals surface area contributed by atoms with Crippen LogP contribution in [-0.4, -0.2) is 113 Å². The number of anilines is 1. The monoisotopic (exact) mass is 947 g/mol. The van der Waals surface area contributed by atoms with Gasteiger partial charge in [-0.3, -0.25) is 24.2 Å². The van der Waals surface area contributed by atoms with Gasteiger partial charge < -0.3 is 49.2 Å². The highest BCUT2D eigenvalue weighted by Gasteiger charge is 2.14. The molecule has 0 radical (unpaired) electrons. The average Bonchev–Trinajstić information content (AvgIpc) is 3.27. The van der Waals surface area contributed by atoms with Gasteiger partial charge in [-0.2, -0.15) is 0 Å². The smallest absolute Gasteiger partial charge is 0.147 e. The Labute approximate surface area is 395 Å². The molecule has 2 rings (SSSR count). The van der Waals surface area contributed by atoms with E-state index in [4.69, 9.17) is 29.4 Å². The molecule has 4 atom stereocenters. The molecule has 0 aliphatic carbocycles. The van der Waals surface area contributed by atoms with Crippen molar-refractivity contribution in [3.63, 3.8) is 0 Å². The standard InChI is InChI=1S/C14H20N2O.C11H23N3O.C11H16N2O.C11H24N2O.CH4.2F2.H3N/c1-10(15)8-12-4-6-13(7-5-12)9-14(16-3)11(2)17;1-5-11(13-4)14-8-6-7-10(12-3)9(2)15;1-8(14)11(13-2)7-9-3-5-10(12)6-4-9;1-9(2)13-8-6-5-7-11(12-4)10(3)14;;2*1-2;/h4-7,14-16H,8-9H2,1-3H3;10,12H,5-8H2,1-4H3,(H,13,14);3-6,11,13H,7,12H2,1-2H3;9,11-13H,5-8H2,1-4H3;1H4;;;1H3/t14-;10-;2*11-;;;;/m0000..../s1. The number of nitrogens with one attached hydrogen (secondary N) is 7. The first-order valence-electron chi connectivity index (χ1n) is 21.8. The van der Waals surface area contributed by atoms with E-state index in [0.29, 0.717) is 24.6 Å². The number of amidine groups is 1. The molecule has 12 N–H and O–H groups in total.